The molecule has 0 atom stereocenters. The fourth-order valence-corrected chi connectivity index (χ4v) is 3.45. The fourth-order valence-electron chi connectivity index (χ4n) is 1.58. The number of primary sulfonamides is 1. The first kappa shape index (κ1) is 17.0. The largest absolute Gasteiger partial charge is 0.280 e. The number of halogens is 2. The maximum absolute atomic E-state index is 12.2. The molecule has 0 amide bonds. The molecular formula is C12H10Cl2N2O4S2. The van der Waals surface area contributed by atoms with Crippen molar-refractivity contribution in [3.63, 3.8) is 0 Å². The van der Waals surface area contributed by atoms with E-state index in [4.69, 9.17) is 28.3 Å². The highest BCUT2D eigenvalue weighted by Gasteiger charge is 2.16. The predicted molar refractivity (Wildman–Crippen MR) is 85.1 cm³/mol. The average Bonchev–Trinajstić information content (AvgIpc) is 2.42. The number of hydrogen-bond donors (Lipinski definition) is 2. The highest BCUT2D eigenvalue weighted by molar-refractivity contribution is 7.92. The predicted octanol–water partition coefficient (Wildman–Crippen LogP) is 2.44. The van der Waals surface area contributed by atoms with Crippen LogP contribution in [0.2, 0.25) is 10.0 Å². The third-order valence-electron chi connectivity index (χ3n) is 2.63. The zero-order valence-electron chi connectivity index (χ0n) is 10.8. The number of nitrogens with one attached hydrogen (secondary N) is 1. The van der Waals surface area contributed by atoms with Gasteiger partial charge < -0.3 is 0 Å². The highest BCUT2D eigenvalue weighted by Crippen LogP contribution is 2.26. The molecule has 10 heteroatoms. The van der Waals surface area contributed by atoms with Crippen LogP contribution in [0, 0.1) is 0 Å². The van der Waals surface area contributed by atoms with E-state index in [0.717, 1.165) is 24.3 Å². The Bertz CT molecular complexity index is 911. The molecule has 6 nitrogen and oxygen atoms in total. The molecule has 0 spiro atoms. The Hall–Kier alpha value is -1.32. The Labute approximate surface area is 138 Å². The standard InChI is InChI=1S/C12H10Cl2N2O4S2/c13-11-6-1-8(7-12(11)14)16-22(19,20)10-4-2-9(3-5-10)21(15,17)18/h1-7,16H,(H2,15,17,18). The van der Waals surface area contributed by atoms with Crippen molar-refractivity contribution in [1.29, 1.82) is 0 Å². The van der Waals surface area contributed by atoms with Crippen molar-refractivity contribution < 1.29 is 16.8 Å². The molecule has 0 aliphatic heterocycles. The van der Waals surface area contributed by atoms with Crippen LogP contribution in [0.3, 0.4) is 0 Å². The zero-order valence-corrected chi connectivity index (χ0v) is 14.0. The van der Waals surface area contributed by atoms with Gasteiger partial charge >= 0.3 is 0 Å². The maximum Gasteiger partial charge on any atom is 0.261 e. The number of anilines is 1. The first-order valence-electron chi connectivity index (χ1n) is 5.70. The number of benzene rings is 2. The smallest absolute Gasteiger partial charge is 0.261 e. The Morgan fingerprint density at radius 2 is 1.36 bits per heavy atom. The van der Waals surface area contributed by atoms with Crippen LogP contribution in [0.4, 0.5) is 5.69 Å². The van der Waals surface area contributed by atoms with Gasteiger partial charge in [-0.1, -0.05) is 23.2 Å². The number of sulfonamides is 2. The molecule has 0 saturated heterocycles. The summed E-state index contributed by atoms with van der Waals surface area (Å²) >= 11 is 11.6. The van der Waals surface area contributed by atoms with E-state index in [1.54, 1.807) is 0 Å². The first-order valence-corrected chi connectivity index (χ1v) is 9.49. The third-order valence-corrected chi connectivity index (χ3v) is 5.70. The van der Waals surface area contributed by atoms with Gasteiger partial charge in [-0.2, -0.15) is 0 Å². The van der Waals surface area contributed by atoms with E-state index in [9.17, 15) is 16.8 Å². The summed E-state index contributed by atoms with van der Waals surface area (Å²) in [4.78, 5) is -0.299. The van der Waals surface area contributed by atoms with Crippen molar-refractivity contribution in [3.8, 4) is 0 Å². The summed E-state index contributed by atoms with van der Waals surface area (Å²) in [6.45, 7) is 0. The van der Waals surface area contributed by atoms with Gasteiger partial charge in [-0.15, -0.1) is 0 Å². The van der Waals surface area contributed by atoms with Crippen molar-refractivity contribution in [2.75, 3.05) is 4.72 Å². The van der Waals surface area contributed by atoms with Gasteiger partial charge in [0.1, 0.15) is 0 Å². The molecule has 0 aliphatic carbocycles. The summed E-state index contributed by atoms with van der Waals surface area (Å²) in [7, 11) is -7.77. The van der Waals surface area contributed by atoms with Gasteiger partial charge in [-0.3, -0.25) is 4.72 Å². The first-order chi connectivity index (χ1) is 10.1. The van der Waals surface area contributed by atoms with Gasteiger partial charge in [0.25, 0.3) is 10.0 Å². The molecule has 0 saturated carbocycles. The summed E-state index contributed by atoms with van der Waals surface area (Å²) in [5.41, 5.74) is 0.227. The van der Waals surface area contributed by atoms with Gasteiger partial charge in [0.15, 0.2) is 0 Å². The second kappa shape index (κ2) is 6.05. The SMILES string of the molecule is NS(=O)(=O)c1ccc(S(=O)(=O)Nc2ccc(Cl)c(Cl)c2)cc1. The quantitative estimate of drug-likeness (QED) is 0.848. The van der Waals surface area contributed by atoms with E-state index in [1.165, 1.54) is 18.2 Å². The fraction of sp³-hybridized carbons (Fsp3) is 0. The van der Waals surface area contributed by atoms with E-state index in [1.807, 2.05) is 0 Å². The monoisotopic (exact) mass is 380 g/mol. The van der Waals surface area contributed by atoms with Crippen molar-refractivity contribution in [3.05, 3.63) is 52.5 Å². The van der Waals surface area contributed by atoms with E-state index in [0.29, 0.717) is 5.02 Å². The number of hydrogen-bond acceptors (Lipinski definition) is 4. The van der Waals surface area contributed by atoms with Crippen molar-refractivity contribution in [1.82, 2.24) is 0 Å². The summed E-state index contributed by atoms with van der Waals surface area (Å²) in [6, 6.07) is 8.76. The molecule has 0 unspecified atom stereocenters. The molecule has 0 bridgehead atoms. The second-order valence-corrected chi connectivity index (χ2v) is 8.31. The van der Waals surface area contributed by atoms with E-state index >= 15 is 0 Å². The lowest BCUT2D eigenvalue weighted by atomic mass is 10.3. The van der Waals surface area contributed by atoms with E-state index in [2.05, 4.69) is 4.72 Å². The summed E-state index contributed by atoms with van der Waals surface area (Å²) in [6.07, 6.45) is 0. The molecule has 0 aromatic heterocycles. The Morgan fingerprint density at radius 1 is 0.818 bits per heavy atom. The maximum atomic E-state index is 12.2. The average molecular weight is 381 g/mol. The Kier molecular flexibility index (Phi) is 4.69. The van der Waals surface area contributed by atoms with Crippen molar-refractivity contribution in [2.45, 2.75) is 9.79 Å². The lowest BCUT2D eigenvalue weighted by Crippen LogP contribution is -2.15. The molecular weight excluding hydrogens is 371 g/mol. The number of nitrogens with two attached hydrogens (primary N) is 1. The molecule has 0 heterocycles. The summed E-state index contributed by atoms with van der Waals surface area (Å²) < 4.78 is 49.0. The number of rotatable bonds is 4. The molecule has 118 valence electrons. The molecule has 2 aromatic rings. The van der Waals surface area contributed by atoms with Crippen LogP contribution < -0.4 is 9.86 Å². The zero-order chi connectivity index (χ0) is 16.5. The molecule has 0 fully saturated rings. The second-order valence-electron chi connectivity index (χ2n) is 4.25. The minimum Gasteiger partial charge on any atom is -0.280 e. The van der Waals surface area contributed by atoms with Crippen LogP contribution >= 0.6 is 23.2 Å². The lowest BCUT2D eigenvalue weighted by molar-refractivity contribution is 0.595. The van der Waals surface area contributed by atoms with Gasteiger partial charge in [0, 0.05) is 0 Å². The molecule has 0 radical (unpaired) electrons. The molecule has 3 N–H and O–H groups in total. The summed E-state index contributed by atoms with van der Waals surface area (Å²) in [5, 5.41) is 5.44. The van der Waals surface area contributed by atoms with Crippen LogP contribution in [0.1, 0.15) is 0 Å². The van der Waals surface area contributed by atoms with Crippen LogP contribution in [-0.2, 0) is 20.0 Å². The normalized spacial score (nSPS) is 12.1. The van der Waals surface area contributed by atoms with Crippen molar-refractivity contribution >= 4 is 48.9 Å². The summed E-state index contributed by atoms with van der Waals surface area (Å²) in [5.74, 6) is 0. The molecule has 2 aromatic carbocycles. The van der Waals surface area contributed by atoms with E-state index in [-0.39, 0.29) is 20.5 Å². The minimum absolute atomic E-state index is 0.119. The van der Waals surface area contributed by atoms with Crippen LogP contribution in [0.5, 0.6) is 0 Å². The van der Waals surface area contributed by atoms with Gasteiger partial charge in [0.2, 0.25) is 10.0 Å². The topological polar surface area (TPSA) is 106 Å². The molecule has 22 heavy (non-hydrogen) atoms. The van der Waals surface area contributed by atoms with Crippen LogP contribution in [-0.4, -0.2) is 16.8 Å². The Balaban J connectivity index is 2.32. The lowest BCUT2D eigenvalue weighted by Gasteiger charge is -2.09. The molecule has 2 rings (SSSR count). The molecule has 0 aliphatic rings. The highest BCUT2D eigenvalue weighted by atomic mass is 35.5. The van der Waals surface area contributed by atoms with Crippen LogP contribution in [0.15, 0.2) is 52.3 Å². The third kappa shape index (κ3) is 3.90. The van der Waals surface area contributed by atoms with E-state index < -0.39 is 20.0 Å². The van der Waals surface area contributed by atoms with Crippen LogP contribution in [0.25, 0.3) is 0 Å². The Morgan fingerprint density at radius 3 is 1.86 bits per heavy atom. The van der Waals surface area contributed by atoms with Crippen molar-refractivity contribution in [2.24, 2.45) is 5.14 Å². The van der Waals surface area contributed by atoms with Gasteiger partial charge in [-0.25, -0.2) is 22.0 Å². The van der Waals surface area contributed by atoms with Gasteiger partial charge in [-0.05, 0) is 42.5 Å². The van der Waals surface area contributed by atoms with Gasteiger partial charge in [0.05, 0.1) is 25.5 Å². The minimum atomic E-state index is -3.89.